The number of carbonyl (C=O) groups excluding carboxylic acids is 2. The van der Waals surface area contributed by atoms with Crippen molar-refractivity contribution in [2.75, 3.05) is 7.11 Å². The number of esters is 1. The summed E-state index contributed by atoms with van der Waals surface area (Å²) < 4.78 is 4.75. The van der Waals surface area contributed by atoms with Crippen LogP contribution in [0.25, 0.3) is 0 Å². The molecule has 0 aromatic heterocycles. The lowest BCUT2D eigenvalue weighted by atomic mass is 9.87. The number of allylic oxidation sites excluding steroid dienone is 1. The monoisotopic (exact) mass is 280 g/mol. The Hall–Kier alpha value is -1.78. The van der Waals surface area contributed by atoms with Gasteiger partial charge in [-0.25, -0.2) is 9.59 Å². The largest absolute Gasteiger partial charge is 0.466 e. The van der Waals surface area contributed by atoms with Gasteiger partial charge in [-0.2, -0.15) is 0 Å². The summed E-state index contributed by atoms with van der Waals surface area (Å²) in [4.78, 5) is 23.7. The van der Waals surface area contributed by atoms with Crippen molar-refractivity contribution in [1.82, 2.24) is 10.6 Å². The van der Waals surface area contributed by atoms with E-state index < -0.39 is 5.54 Å². The fraction of sp³-hybridized carbons (Fsp3) is 0.600. The standard InChI is InChI=1S/C15H24N2O3/c1-10-7-11(12(18)20-6)9-15(5,8-10)17-13(19)16-14(2,3)4/h8-9H,7H2,1-6H3,(H2,16,17,19). The molecule has 0 saturated carbocycles. The minimum absolute atomic E-state index is 0.272. The minimum Gasteiger partial charge on any atom is -0.466 e. The summed E-state index contributed by atoms with van der Waals surface area (Å²) in [6.07, 6.45) is 4.24. The Morgan fingerprint density at radius 2 is 1.90 bits per heavy atom. The van der Waals surface area contributed by atoms with E-state index in [4.69, 9.17) is 4.74 Å². The van der Waals surface area contributed by atoms with Crippen LogP contribution in [0, 0.1) is 0 Å². The fourth-order valence-corrected chi connectivity index (χ4v) is 2.27. The summed E-state index contributed by atoms with van der Waals surface area (Å²) in [5.41, 5.74) is 0.571. The van der Waals surface area contributed by atoms with Crippen LogP contribution in [0.15, 0.2) is 23.3 Å². The van der Waals surface area contributed by atoms with Crippen LogP contribution in [-0.4, -0.2) is 30.2 Å². The van der Waals surface area contributed by atoms with E-state index in [1.807, 2.05) is 40.7 Å². The number of urea groups is 1. The highest BCUT2D eigenvalue weighted by Crippen LogP contribution is 2.26. The maximum atomic E-state index is 12.0. The lowest BCUT2D eigenvalue weighted by Crippen LogP contribution is -2.53. The normalized spacial score (nSPS) is 22.5. The van der Waals surface area contributed by atoms with Gasteiger partial charge in [-0.15, -0.1) is 0 Å². The Kier molecular flexibility index (Phi) is 4.63. The Morgan fingerprint density at radius 3 is 2.40 bits per heavy atom. The minimum atomic E-state index is -0.693. The van der Waals surface area contributed by atoms with E-state index in [1.54, 1.807) is 6.08 Å². The smallest absolute Gasteiger partial charge is 0.333 e. The summed E-state index contributed by atoms with van der Waals surface area (Å²) in [6, 6.07) is -0.272. The van der Waals surface area contributed by atoms with E-state index >= 15 is 0 Å². The van der Waals surface area contributed by atoms with E-state index in [1.165, 1.54) is 7.11 Å². The van der Waals surface area contributed by atoms with Crippen LogP contribution >= 0.6 is 0 Å². The molecule has 0 bridgehead atoms. The number of carbonyl (C=O) groups is 2. The molecule has 1 unspecified atom stereocenters. The number of ether oxygens (including phenoxy) is 1. The highest BCUT2D eigenvalue weighted by molar-refractivity contribution is 5.90. The topological polar surface area (TPSA) is 67.4 Å². The molecule has 2 amide bonds. The molecule has 20 heavy (non-hydrogen) atoms. The maximum absolute atomic E-state index is 12.0. The third-order valence-corrected chi connectivity index (χ3v) is 2.81. The molecule has 0 aromatic rings. The molecule has 1 aliphatic carbocycles. The number of methoxy groups -OCH3 is 1. The number of hydrogen-bond acceptors (Lipinski definition) is 3. The molecule has 5 heteroatoms. The molecule has 2 N–H and O–H groups in total. The highest BCUT2D eigenvalue weighted by Gasteiger charge is 2.29. The van der Waals surface area contributed by atoms with Crippen molar-refractivity contribution in [3.05, 3.63) is 23.3 Å². The first-order chi connectivity index (χ1) is 9.04. The predicted octanol–water partition coefficient (Wildman–Crippen LogP) is 2.29. The van der Waals surface area contributed by atoms with Crippen molar-refractivity contribution in [1.29, 1.82) is 0 Å². The first-order valence-electron chi connectivity index (χ1n) is 6.63. The molecular weight excluding hydrogens is 256 g/mol. The van der Waals surface area contributed by atoms with Crippen molar-refractivity contribution >= 4 is 12.0 Å². The van der Waals surface area contributed by atoms with Gasteiger partial charge in [0.2, 0.25) is 0 Å². The van der Waals surface area contributed by atoms with E-state index in [0.717, 1.165) is 5.57 Å². The zero-order valence-electron chi connectivity index (χ0n) is 13.1. The summed E-state index contributed by atoms with van der Waals surface area (Å²) in [5.74, 6) is -0.360. The van der Waals surface area contributed by atoms with E-state index in [-0.39, 0.29) is 17.5 Å². The Bertz CT molecular complexity index is 472. The molecular formula is C15H24N2O3. The van der Waals surface area contributed by atoms with Gasteiger partial charge in [0.25, 0.3) is 0 Å². The SMILES string of the molecule is COC(=O)C1=CC(C)(NC(=O)NC(C)(C)C)C=C(C)C1. The van der Waals surface area contributed by atoms with Gasteiger partial charge in [-0.1, -0.05) is 11.6 Å². The quantitative estimate of drug-likeness (QED) is 0.602. The van der Waals surface area contributed by atoms with Crippen molar-refractivity contribution in [2.45, 2.75) is 52.1 Å². The van der Waals surface area contributed by atoms with Gasteiger partial charge in [0.15, 0.2) is 0 Å². The molecule has 0 aliphatic heterocycles. The van der Waals surface area contributed by atoms with Gasteiger partial charge >= 0.3 is 12.0 Å². The first kappa shape index (κ1) is 16.3. The average molecular weight is 280 g/mol. The predicted molar refractivity (Wildman–Crippen MR) is 78.3 cm³/mol. The molecule has 1 rings (SSSR count). The Labute approximate surface area is 120 Å². The summed E-state index contributed by atoms with van der Waals surface area (Å²) in [7, 11) is 1.36. The molecule has 1 atom stereocenters. The molecule has 112 valence electrons. The van der Waals surface area contributed by atoms with Crippen molar-refractivity contribution in [2.24, 2.45) is 0 Å². The molecule has 0 aromatic carbocycles. The Morgan fingerprint density at radius 1 is 1.30 bits per heavy atom. The second-order valence-corrected chi connectivity index (χ2v) is 6.44. The number of amides is 2. The van der Waals surface area contributed by atoms with E-state index in [9.17, 15) is 9.59 Å². The van der Waals surface area contributed by atoms with Crippen molar-refractivity contribution in [3.8, 4) is 0 Å². The summed E-state index contributed by atoms with van der Waals surface area (Å²) >= 11 is 0. The van der Waals surface area contributed by atoms with E-state index in [0.29, 0.717) is 12.0 Å². The summed E-state index contributed by atoms with van der Waals surface area (Å²) in [6.45, 7) is 9.50. The zero-order chi connectivity index (χ0) is 15.6. The molecule has 0 spiro atoms. The second-order valence-electron chi connectivity index (χ2n) is 6.44. The number of rotatable bonds is 2. The van der Waals surface area contributed by atoms with E-state index in [2.05, 4.69) is 10.6 Å². The molecule has 1 aliphatic rings. The van der Waals surface area contributed by atoms with Gasteiger partial charge in [-0.3, -0.25) is 0 Å². The molecule has 0 fully saturated rings. The van der Waals surface area contributed by atoms with Gasteiger partial charge in [0.05, 0.1) is 12.6 Å². The van der Waals surface area contributed by atoms with Crippen LogP contribution in [0.5, 0.6) is 0 Å². The summed E-state index contributed by atoms with van der Waals surface area (Å²) in [5, 5.41) is 5.72. The number of nitrogens with one attached hydrogen (secondary N) is 2. The van der Waals surface area contributed by atoms with Crippen LogP contribution in [0.3, 0.4) is 0 Å². The maximum Gasteiger partial charge on any atom is 0.333 e. The van der Waals surface area contributed by atoms with Gasteiger partial charge in [0, 0.05) is 17.5 Å². The average Bonchev–Trinajstić information content (AvgIpc) is 2.22. The van der Waals surface area contributed by atoms with Crippen molar-refractivity contribution < 1.29 is 14.3 Å². The van der Waals surface area contributed by atoms with Crippen LogP contribution < -0.4 is 10.6 Å². The molecule has 0 heterocycles. The third-order valence-electron chi connectivity index (χ3n) is 2.81. The van der Waals surface area contributed by atoms with Gasteiger partial charge in [0.1, 0.15) is 0 Å². The van der Waals surface area contributed by atoms with Crippen molar-refractivity contribution in [3.63, 3.8) is 0 Å². The lowest BCUT2D eigenvalue weighted by molar-refractivity contribution is -0.136. The van der Waals surface area contributed by atoms with Crippen LogP contribution in [-0.2, 0) is 9.53 Å². The fourth-order valence-electron chi connectivity index (χ4n) is 2.27. The number of hydrogen-bond donors (Lipinski definition) is 2. The Balaban J connectivity index is 2.90. The lowest BCUT2D eigenvalue weighted by Gasteiger charge is -2.31. The first-order valence-corrected chi connectivity index (χ1v) is 6.63. The second kappa shape index (κ2) is 5.69. The van der Waals surface area contributed by atoms with Gasteiger partial charge in [-0.05, 0) is 40.7 Å². The zero-order valence-corrected chi connectivity index (χ0v) is 13.1. The van der Waals surface area contributed by atoms with Crippen LogP contribution in [0.1, 0.15) is 41.0 Å². The van der Waals surface area contributed by atoms with Gasteiger partial charge < -0.3 is 15.4 Å². The molecule has 0 saturated heterocycles. The van der Waals surface area contributed by atoms with Crippen LogP contribution in [0.2, 0.25) is 0 Å². The molecule has 0 radical (unpaired) electrons. The third kappa shape index (κ3) is 4.72. The highest BCUT2D eigenvalue weighted by atomic mass is 16.5. The van der Waals surface area contributed by atoms with Crippen LogP contribution in [0.4, 0.5) is 4.79 Å². The molecule has 5 nitrogen and oxygen atoms in total.